The Morgan fingerprint density at radius 3 is 2.68 bits per heavy atom. The molecule has 2 unspecified atom stereocenters. The van der Waals surface area contributed by atoms with E-state index in [9.17, 15) is 9.90 Å². The predicted molar refractivity (Wildman–Crippen MR) is 123 cm³/mol. The lowest BCUT2D eigenvalue weighted by atomic mass is 9.73. The van der Waals surface area contributed by atoms with Crippen LogP contribution in [-0.2, 0) is 11.2 Å². The van der Waals surface area contributed by atoms with Crippen molar-refractivity contribution in [1.82, 2.24) is 0 Å². The fraction of sp³-hybridized carbons (Fsp3) is 0.593. The summed E-state index contributed by atoms with van der Waals surface area (Å²) in [5, 5.41) is 11.3. The number of phenolic OH excluding ortho intramolecular Hbond substituents is 1. The Kier molecular flexibility index (Phi) is 6.18. The maximum Gasteiger partial charge on any atom is 0.345 e. The summed E-state index contributed by atoms with van der Waals surface area (Å²) in [6.07, 6.45) is 11.5. The smallest absolute Gasteiger partial charge is 0.345 e. The average Bonchev–Trinajstić information content (AvgIpc) is 3.14. The molecule has 1 saturated carbocycles. The second kappa shape index (κ2) is 8.72. The molecule has 4 rings (SSSR count). The number of benzene rings is 1. The van der Waals surface area contributed by atoms with Crippen LogP contribution in [0.5, 0.6) is 11.5 Å². The number of phenols is 1. The van der Waals surface area contributed by atoms with Crippen molar-refractivity contribution in [1.29, 1.82) is 0 Å². The maximum atomic E-state index is 13.3. The van der Waals surface area contributed by atoms with E-state index in [1.807, 2.05) is 0 Å². The molecule has 1 aromatic rings. The van der Waals surface area contributed by atoms with Gasteiger partial charge < -0.3 is 14.6 Å². The molecular weight excluding hydrogens is 388 g/mol. The lowest BCUT2D eigenvalue weighted by Gasteiger charge is -2.39. The summed E-state index contributed by atoms with van der Waals surface area (Å²) in [6.45, 7) is 10.6. The Bertz CT molecular complexity index is 904. The molecule has 2 aliphatic carbocycles. The summed E-state index contributed by atoms with van der Waals surface area (Å²) in [5.74, 6) is -0.208. The first-order valence-electron chi connectivity index (χ1n) is 12.0. The maximum absolute atomic E-state index is 13.3. The summed E-state index contributed by atoms with van der Waals surface area (Å²) in [6, 6.07) is 1.79. The lowest BCUT2D eigenvalue weighted by Crippen LogP contribution is -2.43. The molecule has 0 amide bonds. The van der Waals surface area contributed by atoms with Crippen LogP contribution < -0.4 is 4.74 Å². The number of carbonyl (C=O) groups is 1. The summed E-state index contributed by atoms with van der Waals surface area (Å²) in [5.41, 5.74) is 4.51. The highest BCUT2D eigenvalue weighted by Gasteiger charge is 2.47. The van der Waals surface area contributed by atoms with E-state index >= 15 is 0 Å². The quantitative estimate of drug-likeness (QED) is 0.305. The van der Waals surface area contributed by atoms with Gasteiger partial charge in [0.2, 0.25) is 0 Å². The zero-order valence-electron chi connectivity index (χ0n) is 19.3. The Morgan fingerprint density at radius 2 is 2.00 bits per heavy atom. The second-order valence-corrected chi connectivity index (χ2v) is 9.77. The molecule has 31 heavy (non-hydrogen) atoms. The highest BCUT2D eigenvalue weighted by Crippen LogP contribution is 2.52. The molecule has 4 heteroatoms. The first-order valence-corrected chi connectivity index (χ1v) is 12.0. The molecule has 4 nitrogen and oxygen atoms in total. The molecule has 2 atom stereocenters. The van der Waals surface area contributed by atoms with E-state index in [0.29, 0.717) is 24.2 Å². The van der Waals surface area contributed by atoms with Gasteiger partial charge in [0.25, 0.3) is 5.79 Å². The predicted octanol–water partition coefficient (Wildman–Crippen LogP) is 6.96. The molecule has 1 aliphatic heterocycles. The normalized spacial score (nSPS) is 24.4. The van der Waals surface area contributed by atoms with Gasteiger partial charge in [0, 0.05) is 24.3 Å². The van der Waals surface area contributed by atoms with Gasteiger partial charge in [-0.05, 0) is 69.9 Å². The van der Waals surface area contributed by atoms with Gasteiger partial charge in [-0.1, -0.05) is 43.6 Å². The van der Waals surface area contributed by atoms with E-state index in [1.165, 1.54) is 5.57 Å². The van der Waals surface area contributed by atoms with Crippen molar-refractivity contribution < 1.29 is 19.4 Å². The third-order valence-electron chi connectivity index (χ3n) is 7.28. The number of unbranched alkanes of at least 4 members (excludes halogenated alkanes) is 2. The summed E-state index contributed by atoms with van der Waals surface area (Å²) in [7, 11) is 0. The topological polar surface area (TPSA) is 55.8 Å². The third kappa shape index (κ3) is 4.14. The zero-order chi connectivity index (χ0) is 22.2. The van der Waals surface area contributed by atoms with E-state index in [2.05, 4.69) is 33.4 Å². The van der Waals surface area contributed by atoms with Gasteiger partial charge in [0.15, 0.2) is 0 Å². The first-order chi connectivity index (χ1) is 14.8. The largest absolute Gasteiger partial charge is 0.507 e. The molecule has 0 aromatic heterocycles. The van der Waals surface area contributed by atoms with E-state index in [1.54, 1.807) is 6.07 Å². The van der Waals surface area contributed by atoms with Gasteiger partial charge in [-0.2, -0.15) is 0 Å². The Labute approximate surface area is 186 Å². The molecule has 1 spiro atoms. The first kappa shape index (κ1) is 22.0. The van der Waals surface area contributed by atoms with Gasteiger partial charge in [0.1, 0.15) is 17.1 Å². The van der Waals surface area contributed by atoms with Crippen molar-refractivity contribution in [3.8, 4) is 11.5 Å². The van der Waals surface area contributed by atoms with Crippen LogP contribution in [0.1, 0.15) is 106 Å². The summed E-state index contributed by atoms with van der Waals surface area (Å²) < 4.78 is 12.5. The summed E-state index contributed by atoms with van der Waals surface area (Å²) in [4.78, 5) is 13.3. The number of aryl methyl sites for hydroxylation is 1. The lowest BCUT2D eigenvalue weighted by molar-refractivity contribution is -0.149. The fourth-order valence-electron chi connectivity index (χ4n) is 5.58. The van der Waals surface area contributed by atoms with Gasteiger partial charge in [-0.25, -0.2) is 4.79 Å². The minimum Gasteiger partial charge on any atom is -0.507 e. The SMILES string of the molecule is C=C(C)C1CCC(C)=CC1c1c(O)cc(CCCCC)c2c1OC1(CCCC1)OC2=O. The molecule has 1 N–H and O–H groups in total. The zero-order valence-corrected chi connectivity index (χ0v) is 19.3. The number of carbonyl (C=O) groups excluding carboxylic acids is 1. The van der Waals surface area contributed by atoms with E-state index in [-0.39, 0.29) is 23.6 Å². The van der Waals surface area contributed by atoms with Crippen molar-refractivity contribution in [2.24, 2.45) is 5.92 Å². The highest BCUT2D eigenvalue weighted by molar-refractivity contribution is 5.96. The second-order valence-electron chi connectivity index (χ2n) is 9.77. The number of hydrogen-bond donors (Lipinski definition) is 1. The van der Waals surface area contributed by atoms with Crippen LogP contribution in [0.4, 0.5) is 0 Å². The average molecular weight is 425 g/mol. The number of fused-ring (bicyclic) bond motifs is 1. The van der Waals surface area contributed by atoms with Gasteiger partial charge in [-0.15, -0.1) is 0 Å². The van der Waals surface area contributed by atoms with Crippen LogP contribution in [0.3, 0.4) is 0 Å². The molecule has 0 radical (unpaired) electrons. The molecule has 1 aromatic carbocycles. The number of allylic oxidation sites excluding steroid dienone is 3. The van der Waals surface area contributed by atoms with Crippen LogP contribution in [0, 0.1) is 5.92 Å². The van der Waals surface area contributed by atoms with Crippen LogP contribution in [0.25, 0.3) is 0 Å². The monoisotopic (exact) mass is 424 g/mol. The van der Waals surface area contributed by atoms with Gasteiger partial charge in [-0.3, -0.25) is 0 Å². The van der Waals surface area contributed by atoms with Crippen LogP contribution in [0.15, 0.2) is 29.9 Å². The number of hydrogen-bond acceptors (Lipinski definition) is 4. The molecule has 3 aliphatic rings. The molecule has 0 saturated heterocycles. The summed E-state index contributed by atoms with van der Waals surface area (Å²) >= 11 is 0. The minimum absolute atomic E-state index is 0.0472. The van der Waals surface area contributed by atoms with E-state index < -0.39 is 5.79 Å². The standard InChI is InChI=1S/C27H36O4/c1-5-6-7-10-19-16-22(28)24(21-15-18(4)11-12-20(21)17(2)3)25-23(19)26(29)31-27(30-25)13-8-9-14-27/h15-16,20-21,28H,2,5-14H2,1,3-4H3. The van der Waals surface area contributed by atoms with E-state index in [4.69, 9.17) is 9.47 Å². The number of aromatic hydroxyl groups is 1. The Morgan fingerprint density at radius 1 is 1.26 bits per heavy atom. The number of rotatable bonds is 6. The van der Waals surface area contributed by atoms with Crippen molar-refractivity contribution in [3.63, 3.8) is 0 Å². The third-order valence-corrected chi connectivity index (χ3v) is 7.28. The van der Waals surface area contributed by atoms with Crippen LogP contribution >= 0.6 is 0 Å². The number of esters is 1. The minimum atomic E-state index is -0.876. The fourth-order valence-corrected chi connectivity index (χ4v) is 5.58. The molecule has 0 bridgehead atoms. The van der Waals surface area contributed by atoms with E-state index in [0.717, 1.165) is 68.1 Å². The molecule has 1 heterocycles. The molecule has 168 valence electrons. The van der Waals surface area contributed by atoms with Crippen molar-refractivity contribution in [2.45, 2.75) is 96.7 Å². The van der Waals surface area contributed by atoms with Crippen LogP contribution in [0.2, 0.25) is 0 Å². The van der Waals surface area contributed by atoms with Gasteiger partial charge in [0.05, 0.1) is 0 Å². The van der Waals surface area contributed by atoms with Crippen molar-refractivity contribution in [3.05, 3.63) is 46.6 Å². The van der Waals surface area contributed by atoms with Crippen molar-refractivity contribution >= 4 is 5.97 Å². The number of ether oxygens (including phenoxy) is 2. The van der Waals surface area contributed by atoms with Crippen LogP contribution in [-0.4, -0.2) is 16.9 Å². The van der Waals surface area contributed by atoms with Gasteiger partial charge >= 0.3 is 5.97 Å². The highest BCUT2D eigenvalue weighted by atomic mass is 16.7. The van der Waals surface area contributed by atoms with Crippen molar-refractivity contribution in [2.75, 3.05) is 0 Å². The Hall–Kier alpha value is -2.23. The molecule has 1 fully saturated rings. The molecular formula is C27H36O4. The Balaban J connectivity index is 1.87.